The van der Waals surface area contributed by atoms with Crippen LogP contribution in [0.3, 0.4) is 0 Å². The van der Waals surface area contributed by atoms with E-state index in [4.69, 9.17) is 4.74 Å². The Morgan fingerprint density at radius 3 is 2.18 bits per heavy atom. The maximum Gasteiger partial charge on any atom is 0.264 e. The molecule has 0 heterocycles. The van der Waals surface area contributed by atoms with Crippen molar-refractivity contribution in [2.45, 2.75) is 31.3 Å². The van der Waals surface area contributed by atoms with Crippen LogP contribution < -0.4 is 14.4 Å². The van der Waals surface area contributed by atoms with Gasteiger partial charge in [0.25, 0.3) is 10.0 Å². The Morgan fingerprint density at radius 2 is 1.61 bits per heavy atom. The number of carbonyl (C=O) groups excluding carboxylic acids is 2. The average Bonchev–Trinajstić information content (AvgIpc) is 2.91. The topological polar surface area (TPSA) is 96.0 Å². The van der Waals surface area contributed by atoms with Gasteiger partial charge in [0.2, 0.25) is 11.8 Å². The van der Waals surface area contributed by atoms with E-state index in [9.17, 15) is 26.8 Å². The zero-order valence-corrected chi connectivity index (χ0v) is 22.0. The maximum absolute atomic E-state index is 14.4. The molecule has 202 valence electrons. The Kier molecular flexibility index (Phi) is 9.40. The molecule has 1 N–H and O–H groups in total. The average molecular weight is 546 g/mol. The predicted octanol–water partition coefficient (Wildman–Crippen LogP) is 3.72. The molecule has 0 aliphatic rings. The van der Waals surface area contributed by atoms with Crippen molar-refractivity contribution in [3.63, 3.8) is 0 Å². The lowest BCUT2D eigenvalue weighted by Gasteiger charge is -2.31. The van der Waals surface area contributed by atoms with Crippen molar-refractivity contribution >= 4 is 27.5 Å². The maximum atomic E-state index is 14.4. The number of anilines is 1. The number of likely N-dealkylation sites (N-methyl/N-ethyl adjacent to an activating group) is 1. The van der Waals surface area contributed by atoms with E-state index in [0.717, 1.165) is 33.5 Å². The third-order valence-electron chi connectivity index (χ3n) is 5.83. The Balaban J connectivity index is 2.04. The molecule has 0 aliphatic heterocycles. The number of nitrogens with one attached hydrogen (secondary N) is 1. The Labute approximate surface area is 220 Å². The molecule has 3 rings (SSSR count). The summed E-state index contributed by atoms with van der Waals surface area (Å²) in [5, 5.41) is 2.46. The molecule has 0 spiro atoms. The summed E-state index contributed by atoms with van der Waals surface area (Å²) in [4.78, 5) is 27.0. The molecular weight excluding hydrogens is 516 g/mol. The Morgan fingerprint density at radius 1 is 0.974 bits per heavy atom. The van der Waals surface area contributed by atoms with Gasteiger partial charge in [0.05, 0.1) is 17.2 Å². The normalized spacial score (nSPS) is 11.9. The van der Waals surface area contributed by atoms with E-state index >= 15 is 0 Å². The first kappa shape index (κ1) is 28.6. The molecular formula is C27H29F2N3O5S. The quantitative estimate of drug-likeness (QED) is 0.396. The van der Waals surface area contributed by atoms with Gasteiger partial charge < -0.3 is 15.0 Å². The van der Waals surface area contributed by atoms with Gasteiger partial charge in [0, 0.05) is 19.2 Å². The van der Waals surface area contributed by atoms with E-state index in [-0.39, 0.29) is 22.7 Å². The molecule has 38 heavy (non-hydrogen) atoms. The standard InChI is InChI=1S/C27H29F2N3O5S/c1-4-37-23-13-11-22(12-14-23)32(38(35,36)24-15-9-21(28)10-16-24)18-26(33)31(19(2)27(34)30-3)17-20-7-5-6-8-25(20)29/h5-16,19H,4,17-18H2,1-3H3,(H,30,34)/t19-/m1/s1. The lowest BCUT2D eigenvalue weighted by Crippen LogP contribution is -2.50. The monoisotopic (exact) mass is 545 g/mol. The number of amides is 2. The number of nitrogens with zero attached hydrogens (tertiary/aromatic N) is 2. The third kappa shape index (κ3) is 6.65. The lowest BCUT2D eigenvalue weighted by molar-refractivity contribution is -0.139. The fraction of sp³-hybridized carbons (Fsp3) is 0.259. The van der Waals surface area contributed by atoms with Crippen molar-refractivity contribution in [1.29, 1.82) is 0 Å². The highest BCUT2D eigenvalue weighted by Crippen LogP contribution is 2.27. The molecule has 0 aromatic heterocycles. The zero-order valence-electron chi connectivity index (χ0n) is 21.2. The van der Waals surface area contributed by atoms with Crippen LogP contribution in [0.25, 0.3) is 0 Å². The van der Waals surface area contributed by atoms with E-state index in [1.807, 2.05) is 0 Å². The Bertz CT molecular complexity index is 1370. The van der Waals surface area contributed by atoms with Gasteiger partial charge in [-0.3, -0.25) is 13.9 Å². The van der Waals surface area contributed by atoms with Crippen LogP contribution in [0, 0.1) is 11.6 Å². The molecule has 3 aromatic carbocycles. The van der Waals surface area contributed by atoms with Crippen LogP contribution in [0.15, 0.2) is 77.7 Å². The number of hydrogen-bond acceptors (Lipinski definition) is 5. The summed E-state index contributed by atoms with van der Waals surface area (Å²) < 4.78 is 61.5. The number of hydrogen-bond donors (Lipinski definition) is 1. The molecule has 0 unspecified atom stereocenters. The van der Waals surface area contributed by atoms with Crippen molar-refractivity contribution in [2.24, 2.45) is 0 Å². The molecule has 2 amide bonds. The summed E-state index contributed by atoms with van der Waals surface area (Å²) in [6, 6.07) is 15.0. The minimum Gasteiger partial charge on any atom is -0.494 e. The summed E-state index contributed by atoms with van der Waals surface area (Å²) in [5.74, 6) is -1.96. The van der Waals surface area contributed by atoms with Crippen LogP contribution in [0.2, 0.25) is 0 Å². The smallest absolute Gasteiger partial charge is 0.264 e. The minimum absolute atomic E-state index is 0.143. The van der Waals surface area contributed by atoms with Gasteiger partial charge in [0.15, 0.2) is 0 Å². The van der Waals surface area contributed by atoms with Crippen LogP contribution in [-0.2, 0) is 26.2 Å². The molecule has 11 heteroatoms. The minimum atomic E-state index is -4.35. The molecule has 1 atom stereocenters. The van der Waals surface area contributed by atoms with Gasteiger partial charge in [0.1, 0.15) is 30.0 Å². The number of halogens is 2. The summed E-state index contributed by atoms with van der Waals surface area (Å²) in [6.45, 7) is 2.69. The molecule has 0 saturated heterocycles. The van der Waals surface area contributed by atoms with Crippen molar-refractivity contribution in [2.75, 3.05) is 24.5 Å². The van der Waals surface area contributed by atoms with Crippen molar-refractivity contribution in [3.8, 4) is 5.75 Å². The SMILES string of the molecule is CCOc1ccc(N(CC(=O)N(Cc2ccccc2F)[C@H](C)C(=O)NC)S(=O)(=O)c2ccc(F)cc2)cc1. The fourth-order valence-electron chi connectivity index (χ4n) is 3.74. The van der Waals surface area contributed by atoms with E-state index in [1.165, 1.54) is 44.3 Å². The number of benzene rings is 3. The molecule has 0 bridgehead atoms. The van der Waals surface area contributed by atoms with Gasteiger partial charge in [-0.1, -0.05) is 18.2 Å². The number of rotatable bonds is 11. The second-order valence-corrected chi connectivity index (χ2v) is 10.2. The van der Waals surface area contributed by atoms with Gasteiger partial charge >= 0.3 is 0 Å². The first-order valence-electron chi connectivity index (χ1n) is 11.8. The molecule has 8 nitrogen and oxygen atoms in total. The van der Waals surface area contributed by atoms with Gasteiger partial charge in [-0.25, -0.2) is 17.2 Å². The second kappa shape index (κ2) is 12.5. The highest BCUT2D eigenvalue weighted by atomic mass is 32.2. The van der Waals surface area contributed by atoms with Crippen molar-refractivity contribution < 1.29 is 31.5 Å². The van der Waals surface area contributed by atoms with Gasteiger partial charge in [-0.05, 0) is 68.4 Å². The summed E-state index contributed by atoms with van der Waals surface area (Å²) in [5.41, 5.74) is 0.301. The van der Waals surface area contributed by atoms with E-state index in [1.54, 1.807) is 25.1 Å². The van der Waals surface area contributed by atoms with Crippen LogP contribution in [-0.4, -0.2) is 51.4 Å². The number of ether oxygens (including phenoxy) is 1. The molecule has 3 aromatic rings. The summed E-state index contributed by atoms with van der Waals surface area (Å²) in [6.07, 6.45) is 0. The van der Waals surface area contributed by atoms with Crippen LogP contribution in [0.4, 0.5) is 14.5 Å². The first-order chi connectivity index (χ1) is 18.1. The van der Waals surface area contributed by atoms with E-state index < -0.39 is 46.1 Å². The molecule has 0 radical (unpaired) electrons. The Hall–Kier alpha value is -3.99. The van der Waals surface area contributed by atoms with Crippen LogP contribution >= 0.6 is 0 Å². The summed E-state index contributed by atoms with van der Waals surface area (Å²) in [7, 11) is -2.95. The number of sulfonamides is 1. The first-order valence-corrected chi connectivity index (χ1v) is 13.3. The van der Waals surface area contributed by atoms with Gasteiger partial charge in [-0.2, -0.15) is 0 Å². The third-order valence-corrected chi connectivity index (χ3v) is 7.62. The number of carbonyl (C=O) groups is 2. The zero-order chi connectivity index (χ0) is 27.9. The molecule has 0 saturated carbocycles. The highest BCUT2D eigenvalue weighted by molar-refractivity contribution is 7.92. The largest absolute Gasteiger partial charge is 0.494 e. The van der Waals surface area contributed by atoms with E-state index in [2.05, 4.69) is 5.32 Å². The van der Waals surface area contributed by atoms with Crippen LogP contribution in [0.1, 0.15) is 19.4 Å². The lowest BCUT2D eigenvalue weighted by atomic mass is 10.1. The van der Waals surface area contributed by atoms with E-state index in [0.29, 0.717) is 12.4 Å². The van der Waals surface area contributed by atoms with Crippen molar-refractivity contribution in [1.82, 2.24) is 10.2 Å². The van der Waals surface area contributed by atoms with Gasteiger partial charge in [-0.15, -0.1) is 0 Å². The van der Waals surface area contributed by atoms with Crippen LogP contribution in [0.5, 0.6) is 5.75 Å². The fourth-order valence-corrected chi connectivity index (χ4v) is 5.15. The van der Waals surface area contributed by atoms with Crippen molar-refractivity contribution in [3.05, 3.63) is 90.0 Å². The molecule has 0 fully saturated rings. The molecule has 0 aliphatic carbocycles. The summed E-state index contributed by atoms with van der Waals surface area (Å²) >= 11 is 0. The second-order valence-electron chi connectivity index (χ2n) is 8.30. The highest BCUT2D eigenvalue weighted by Gasteiger charge is 2.32. The predicted molar refractivity (Wildman–Crippen MR) is 139 cm³/mol.